The molecule has 0 aromatic heterocycles. The summed E-state index contributed by atoms with van der Waals surface area (Å²) in [5.74, 6) is -0.830. The zero-order valence-electron chi connectivity index (χ0n) is 19.5. The Labute approximate surface area is 221 Å². The molecule has 0 saturated heterocycles. The minimum Gasteiger partial charge on any atom is -0.352 e. The molecular formula is C24H28Cl3N3O4S. The van der Waals surface area contributed by atoms with Crippen LogP contribution in [-0.4, -0.2) is 50.0 Å². The molecule has 2 aromatic carbocycles. The summed E-state index contributed by atoms with van der Waals surface area (Å²) in [6, 6.07) is 10.5. The van der Waals surface area contributed by atoms with E-state index in [0.717, 1.165) is 36.2 Å². The normalized spacial score (nSPS) is 15.0. The van der Waals surface area contributed by atoms with Gasteiger partial charge in [0, 0.05) is 17.6 Å². The number of halogens is 3. The highest BCUT2D eigenvalue weighted by Crippen LogP contribution is 2.29. The average Bonchev–Trinajstić information content (AvgIpc) is 3.29. The Morgan fingerprint density at radius 2 is 1.74 bits per heavy atom. The van der Waals surface area contributed by atoms with Gasteiger partial charge in [0.1, 0.15) is 12.6 Å². The third kappa shape index (κ3) is 7.49. The fourth-order valence-corrected chi connectivity index (χ4v) is 5.41. The molecule has 1 aliphatic carbocycles. The van der Waals surface area contributed by atoms with E-state index in [1.807, 2.05) is 0 Å². The predicted octanol–water partition coefficient (Wildman–Crippen LogP) is 4.89. The molecule has 2 aromatic rings. The lowest BCUT2D eigenvalue weighted by Gasteiger charge is -2.32. The number of carbonyl (C=O) groups is 2. The second-order valence-corrected chi connectivity index (χ2v) is 11.8. The molecule has 3 rings (SSSR count). The summed E-state index contributed by atoms with van der Waals surface area (Å²) in [7, 11) is -3.86. The van der Waals surface area contributed by atoms with Gasteiger partial charge in [-0.1, -0.05) is 59.8 Å². The molecule has 35 heavy (non-hydrogen) atoms. The quantitative estimate of drug-likeness (QED) is 0.473. The summed E-state index contributed by atoms with van der Waals surface area (Å²) in [6.07, 6.45) is 4.91. The summed E-state index contributed by atoms with van der Waals surface area (Å²) in [6.45, 7) is 1.20. The van der Waals surface area contributed by atoms with E-state index in [1.165, 1.54) is 23.1 Å². The van der Waals surface area contributed by atoms with Crippen LogP contribution in [0.1, 0.15) is 38.2 Å². The van der Waals surface area contributed by atoms with Gasteiger partial charge in [-0.3, -0.25) is 13.9 Å². The van der Waals surface area contributed by atoms with Gasteiger partial charge in [-0.2, -0.15) is 0 Å². The van der Waals surface area contributed by atoms with Crippen molar-refractivity contribution in [1.29, 1.82) is 0 Å². The van der Waals surface area contributed by atoms with Crippen molar-refractivity contribution in [3.8, 4) is 0 Å². The van der Waals surface area contributed by atoms with Crippen LogP contribution < -0.4 is 9.62 Å². The van der Waals surface area contributed by atoms with E-state index >= 15 is 0 Å². The van der Waals surface area contributed by atoms with Crippen molar-refractivity contribution in [3.63, 3.8) is 0 Å². The van der Waals surface area contributed by atoms with Gasteiger partial charge in [-0.15, -0.1) is 0 Å². The minimum absolute atomic E-state index is 0.0804. The van der Waals surface area contributed by atoms with Crippen molar-refractivity contribution in [2.45, 2.75) is 51.2 Å². The maximum Gasteiger partial charge on any atom is 0.244 e. The number of benzene rings is 2. The van der Waals surface area contributed by atoms with Gasteiger partial charge in [0.15, 0.2) is 0 Å². The van der Waals surface area contributed by atoms with Gasteiger partial charge < -0.3 is 10.2 Å². The second kappa shape index (κ2) is 11.8. The van der Waals surface area contributed by atoms with E-state index in [-0.39, 0.29) is 34.2 Å². The van der Waals surface area contributed by atoms with E-state index < -0.39 is 28.5 Å². The molecule has 0 bridgehead atoms. The lowest BCUT2D eigenvalue weighted by molar-refractivity contribution is -0.139. The maximum absolute atomic E-state index is 13.5. The van der Waals surface area contributed by atoms with Crippen LogP contribution in [0.25, 0.3) is 0 Å². The SMILES string of the molecule is C[C@@H](C(=O)NC1CCCC1)N(Cc1cccc(Cl)c1)C(=O)CN(c1ccc(Cl)c(Cl)c1)S(C)(=O)=O. The van der Waals surface area contributed by atoms with Gasteiger partial charge in [0.2, 0.25) is 21.8 Å². The van der Waals surface area contributed by atoms with Crippen molar-refractivity contribution < 1.29 is 18.0 Å². The summed E-state index contributed by atoms with van der Waals surface area (Å²) in [4.78, 5) is 28.0. The number of sulfonamides is 1. The molecule has 1 aliphatic rings. The number of rotatable bonds is 9. The standard InChI is InChI=1S/C24H28Cl3N3O4S/c1-16(24(32)28-19-8-3-4-9-19)29(14-17-6-5-7-18(25)12-17)23(31)15-30(35(2,33)34)20-10-11-21(26)22(27)13-20/h5-7,10-13,16,19H,3-4,8-9,14-15H2,1-2H3,(H,28,32)/t16-/m0/s1. The number of hydrogen-bond acceptors (Lipinski definition) is 4. The number of anilines is 1. The number of nitrogens with one attached hydrogen (secondary N) is 1. The van der Waals surface area contributed by atoms with Crippen molar-refractivity contribution >= 4 is 62.3 Å². The monoisotopic (exact) mass is 559 g/mol. The van der Waals surface area contributed by atoms with Gasteiger partial charge in [-0.25, -0.2) is 8.42 Å². The Bertz CT molecular complexity index is 1190. The largest absolute Gasteiger partial charge is 0.352 e. The summed E-state index contributed by atoms with van der Waals surface area (Å²) >= 11 is 18.2. The van der Waals surface area contributed by atoms with Gasteiger partial charge in [-0.05, 0) is 55.7 Å². The second-order valence-electron chi connectivity index (χ2n) is 8.69. The molecule has 11 heteroatoms. The molecule has 0 heterocycles. The Balaban J connectivity index is 1.89. The van der Waals surface area contributed by atoms with E-state index in [0.29, 0.717) is 10.6 Å². The van der Waals surface area contributed by atoms with Crippen LogP contribution in [0.4, 0.5) is 5.69 Å². The van der Waals surface area contributed by atoms with Crippen LogP contribution in [0.3, 0.4) is 0 Å². The Morgan fingerprint density at radius 3 is 2.34 bits per heavy atom. The van der Waals surface area contributed by atoms with Crippen molar-refractivity contribution in [1.82, 2.24) is 10.2 Å². The third-order valence-electron chi connectivity index (χ3n) is 5.98. The first kappa shape index (κ1) is 27.6. The molecule has 0 aliphatic heterocycles. The van der Waals surface area contributed by atoms with Gasteiger partial charge >= 0.3 is 0 Å². The van der Waals surface area contributed by atoms with Crippen LogP contribution in [-0.2, 0) is 26.2 Å². The van der Waals surface area contributed by atoms with E-state index in [2.05, 4.69) is 5.32 Å². The van der Waals surface area contributed by atoms with Crippen molar-refractivity contribution in [2.75, 3.05) is 17.1 Å². The van der Waals surface area contributed by atoms with Crippen LogP contribution in [0, 0.1) is 0 Å². The molecule has 1 atom stereocenters. The molecule has 0 radical (unpaired) electrons. The van der Waals surface area contributed by atoms with E-state index in [4.69, 9.17) is 34.8 Å². The number of hydrogen-bond donors (Lipinski definition) is 1. The third-order valence-corrected chi connectivity index (χ3v) is 8.10. The number of nitrogens with zero attached hydrogens (tertiary/aromatic N) is 2. The summed E-state index contributed by atoms with van der Waals surface area (Å²) in [5.41, 5.74) is 0.910. The first-order valence-corrected chi connectivity index (χ1v) is 14.2. The Hall–Kier alpha value is -2.00. The van der Waals surface area contributed by atoms with Crippen LogP contribution in [0.5, 0.6) is 0 Å². The molecule has 1 saturated carbocycles. The predicted molar refractivity (Wildman–Crippen MR) is 141 cm³/mol. The molecule has 2 amide bonds. The number of carbonyl (C=O) groups excluding carboxylic acids is 2. The Kier molecular flexibility index (Phi) is 9.32. The Morgan fingerprint density at radius 1 is 1.06 bits per heavy atom. The van der Waals surface area contributed by atoms with Crippen molar-refractivity contribution in [3.05, 3.63) is 63.1 Å². The average molecular weight is 561 g/mol. The first-order chi connectivity index (χ1) is 16.5. The fourth-order valence-electron chi connectivity index (χ4n) is 4.06. The molecule has 0 unspecified atom stereocenters. The van der Waals surface area contributed by atoms with Gasteiger partial charge in [0.05, 0.1) is 22.0 Å². The van der Waals surface area contributed by atoms with E-state index in [9.17, 15) is 18.0 Å². The molecule has 7 nitrogen and oxygen atoms in total. The van der Waals surface area contributed by atoms with Crippen LogP contribution in [0.2, 0.25) is 15.1 Å². The molecule has 1 fully saturated rings. The van der Waals surface area contributed by atoms with Gasteiger partial charge in [0.25, 0.3) is 0 Å². The number of amides is 2. The highest BCUT2D eigenvalue weighted by Gasteiger charge is 2.31. The highest BCUT2D eigenvalue weighted by molar-refractivity contribution is 7.92. The molecule has 190 valence electrons. The minimum atomic E-state index is -3.86. The fraction of sp³-hybridized carbons (Fsp3) is 0.417. The molecular weight excluding hydrogens is 533 g/mol. The smallest absolute Gasteiger partial charge is 0.244 e. The first-order valence-electron chi connectivity index (χ1n) is 11.2. The topological polar surface area (TPSA) is 86.8 Å². The van der Waals surface area contributed by atoms with Crippen LogP contribution in [0.15, 0.2) is 42.5 Å². The summed E-state index contributed by atoms with van der Waals surface area (Å²) in [5, 5.41) is 3.93. The lowest BCUT2D eigenvalue weighted by Crippen LogP contribution is -2.52. The van der Waals surface area contributed by atoms with Crippen molar-refractivity contribution in [2.24, 2.45) is 0 Å². The lowest BCUT2D eigenvalue weighted by atomic mass is 10.1. The summed E-state index contributed by atoms with van der Waals surface area (Å²) < 4.78 is 26.2. The van der Waals surface area contributed by atoms with Crippen LogP contribution >= 0.6 is 34.8 Å². The highest BCUT2D eigenvalue weighted by atomic mass is 35.5. The molecule has 1 N–H and O–H groups in total. The van der Waals surface area contributed by atoms with E-state index in [1.54, 1.807) is 31.2 Å². The zero-order valence-corrected chi connectivity index (χ0v) is 22.6. The zero-order chi connectivity index (χ0) is 25.8. The molecule has 0 spiro atoms. The maximum atomic E-state index is 13.5.